The molecule has 1 saturated carbocycles. The number of hydrogen-bond acceptors (Lipinski definition) is 5. The Hall–Kier alpha value is -2.93. The molecule has 1 aliphatic heterocycles. The molecule has 0 radical (unpaired) electrons. The fraction of sp³-hybridized carbons (Fsp3) is 0.391. The molecule has 2 aromatic heterocycles. The van der Waals surface area contributed by atoms with Crippen molar-refractivity contribution < 1.29 is 14.3 Å². The fourth-order valence-electron chi connectivity index (χ4n) is 5.03. The second-order valence-electron chi connectivity index (χ2n) is 8.18. The number of benzene rings is 1. The number of aromatic nitrogens is 3. The molecular formula is C23H23ClN4O3. The maximum absolute atomic E-state index is 13.5. The van der Waals surface area contributed by atoms with Crippen molar-refractivity contribution >= 4 is 34.4 Å². The van der Waals surface area contributed by atoms with Crippen molar-refractivity contribution in [2.24, 2.45) is 5.41 Å². The van der Waals surface area contributed by atoms with Crippen LogP contribution in [0.2, 0.25) is 5.02 Å². The number of esters is 1. The highest BCUT2D eigenvalue weighted by atomic mass is 35.5. The van der Waals surface area contributed by atoms with E-state index in [9.17, 15) is 9.59 Å². The van der Waals surface area contributed by atoms with Crippen LogP contribution < -0.4 is 0 Å². The molecule has 2 aliphatic rings. The first-order valence-corrected chi connectivity index (χ1v) is 11.0. The van der Waals surface area contributed by atoms with Crippen LogP contribution >= 0.6 is 11.6 Å². The lowest BCUT2D eigenvalue weighted by molar-refractivity contribution is -0.168. The summed E-state index contributed by atoms with van der Waals surface area (Å²) in [5.41, 5.74) is 2.46. The average Bonchev–Trinajstić information content (AvgIpc) is 3.11. The smallest absolute Gasteiger partial charge is 0.314 e. The lowest BCUT2D eigenvalue weighted by atomic mass is 9.61. The number of carbonyl (C=O) groups is 2. The molecule has 5 rings (SSSR count). The first kappa shape index (κ1) is 20.0. The molecule has 7 nitrogen and oxygen atoms in total. The Morgan fingerprint density at radius 3 is 2.84 bits per heavy atom. The van der Waals surface area contributed by atoms with E-state index in [1.54, 1.807) is 4.90 Å². The molecule has 0 saturated heterocycles. The van der Waals surface area contributed by atoms with Gasteiger partial charge < -0.3 is 14.6 Å². The molecule has 0 bridgehead atoms. The number of hydrogen-bond donors (Lipinski definition) is 1. The lowest BCUT2D eigenvalue weighted by Gasteiger charge is -2.50. The fourth-order valence-corrected chi connectivity index (χ4v) is 5.20. The van der Waals surface area contributed by atoms with Crippen molar-refractivity contribution in [1.29, 1.82) is 0 Å². The molecule has 8 heteroatoms. The molecule has 0 spiro atoms. The third kappa shape index (κ3) is 3.10. The van der Waals surface area contributed by atoms with Crippen molar-refractivity contribution in [2.45, 2.75) is 38.6 Å². The van der Waals surface area contributed by atoms with Gasteiger partial charge in [0.1, 0.15) is 5.69 Å². The number of nitrogens with one attached hydrogen (secondary N) is 1. The number of ether oxygens (including phenoxy) is 1. The van der Waals surface area contributed by atoms with E-state index in [0.29, 0.717) is 37.4 Å². The van der Waals surface area contributed by atoms with Crippen LogP contribution in [0.15, 0.2) is 36.8 Å². The van der Waals surface area contributed by atoms with Crippen molar-refractivity contribution in [2.75, 3.05) is 13.2 Å². The van der Waals surface area contributed by atoms with Crippen LogP contribution in [0.4, 0.5) is 0 Å². The monoisotopic (exact) mass is 438 g/mol. The highest BCUT2D eigenvalue weighted by Crippen LogP contribution is 2.56. The molecule has 1 unspecified atom stereocenters. The molecule has 1 aliphatic carbocycles. The van der Waals surface area contributed by atoms with Crippen LogP contribution in [0, 0.1) is 5.41 Å². The summed E-state index contributed by atoms with van der Waals surface area (Å²) in [5.74, 6) is -0.469. The van der Waals surface area contributed by atoms with Gasteiger partial charge in [-0.05, 0) is 49.9 Å². The van der Waals surface area contributed by atoms with Crippen molar-refractivity contribution in [3.8, 4) is 0 Å². The SMILES string of the molecule is CCOC(=O)C1(C2c3[nH]c4ccc(Cl)cc4c3CCN2C(=O)c2cnccn2)CCC1. The maximum Gasteiger partial charge on any atom is 0.314 e. The minimum absolute atomic E-state index is 0.226. The second kappa shape index (κ2) is 7.64. The standard InChI is InChI=1S/C23H23ClN4O3/c1-2-31-22(30)23(7-3-8-23)20-19-15(16-12-14(24)4-5-17(16)27-19)6-11-28(20)21(29)18-13-25-9-10-26-18/h4-5,9-10,12-13,20,27H,2-3,6-8,11H2,1H3. The summed E-state index contributed by atoms with van der Waals surface area (Å²) in [6, 6.07) is 5.28. The summed E-state index contributed by atoms with van der Waals surface area (Å²) in [6.07, 6.45) is 7.45. The first-order chi connectivity index (χ1) is 15.0. The molecule has 3 aromatic rings. The van der Waals surface area contributed by atoms with Crippen LogP contribution in [0.25, 0.3) is 10.9 Å². The Morgan fingerprint density at radius 2 is 2.16 bits per heavy atom. The Bertz CT molecular complexity index is 1160. The van der Waals surface area contributed by atoms with E-state index in [0.717, 1.165) is 28.6 Å². The van der Waals surface area contributed by atoms with Gasteiger partial charge in [0.05, 0.1) is 24.3 Å². The van der Waals surface area contributed by atoms with Crippen LogP contribution in [-0.4, -0.2) is 44.9 Å². The van der Waals surface area contributed by atoms with Crippen molar-refractivity contribution in [3.63, 3.8) is 0 Å². The molecule has 1 atom stereocenters. The number of fused-ring (bicyclic) bond motifs is 3. The van der Waals surface area contributed by atoms with E-state index in [-0.39, 0.29) is 17.6 Å². The zero-order valence-electron chi connectivity index (χ0n) is 17.2. The number of H-pyrrole nitrogens is 1. The van der Waals surface area contributed by atoms with Crippen LogP contribution in [0.3, 0.4) is 0 Å². The van der Waals surface area contributed by atoms with Gasteiger partial charge in [-0.3, -0.25) is 14.6 Å². The molecule has 160 valence electrons. The summed E-state index contributed by atoms with van der Waals surface area (Å²) in [4.78, 5) is 40.2. The van der Waals surface area contributed by atoms with Gasteiger partial charge in [-0.1, -0.05) is 18.0 Å². The number of nitrogens with zero attached hydrogens (tertiary/aromatic N) is 3. The Morgan fingerprint density at radius 1 is 1.32 bits per heavy atom. The average molecular weight is 439 g/mol. The van der Waals surface area contributed by atoms with Crippen LogP contribution in [0.1, 0.15) is 54.0 Å². The maximum atomic E-state index is 13.5. The number of rotatable bonds is 4. The Labute approximate surface area is 184 Å². The minimum Gasteiger partial charge on any atom is -0.465 e. The van der Waals surface area contributed by atoms with Crippen LogP contribution in [-0.2, 0) is 16.0 Å². The highest BCUT2D eigenvalue weighted by Gasteiger charge is 2.57. The Kier molecular flexibility index (Phi) is 4.93. The molecule has 31 heavy (non-hydrogen) atoms. The van der Waals surface area contributed by atoms with Gasteiger partial charge in [-0.2, -0.15) is 0 Å². The minimum atomic E-state index is -0.770. The molecule has 3 heterocycles. The third-order valence-electron chi connectivity index (χ3n) is 6.58. The van der Waals surface area contributed by atoms with E-state index in [1.807, 2.05) is 25.1 Å². The number of amides is 1. The van der Waals surface area contributed by atoms with Crippen LogP contribution in [0.5, 0.6) is 0 Å². The van der Waals surface area contributed by atoms with E-state index in [2.05, 4.69) is 15.0 Å². The second-order valence-corrected chi connectivity index (χ2v) is 8.62. The first-order valence-electron chi connectivity index (χ1n) is 10.6. The van der Waals surface area contributed by atoms with Gasteiger partial charge in [0, 0.05) is 40.6 Å². The van der Waals surface area contributed by atoms with Gasteiger partial charge in [-0.25, -0.2) is 4.98 Å². The number of carbonyl (C=O) groups excluding carboxylic acids is 2. The summed E-state index contributed by atoms with van der Waals surface area (Å²) in [6.45, 7) is 2.60. The van der Waals surface area contributed by atoms with Gasteiger partial charge in [0.15, 0.2) is 0 Å². The largest absolute Gasteiger partial charge is 0.465 e. The zero-order chi connectivity index (χ0) is 21.6. The van der Waals surface area contributed by atoms with Gasteiger partial charge in [-0.15, -0.1) is 0 Å². The van der Waals surface area contributed by atoms with Gasteiger partial charge >= 0.3 is 5.97 Å². The lowest BCUT2D eigenvalue weighted by Crippen LogP contribution is -2.54. The highest BCUT2D eigenvalue weighted by molar-refractivity contribution is 6.31. The molecule has 1 amide bonds. The quantitative estimate of drug-likeness (QED) is 0.620. The zero-order valence-corrected chi connectivity index (χ0v) is 18.0. The molecule has 1 N–H and O–H groups in total. The number of halogens is 1. The topological polar surface area (TPSA) is 88.2 Å². The molecule has 1 fully saturated rings. The number of aromatic amines is 1. The molecular weight excluding hydrogens is 416 g/mol. The van der Waals surface area contributed by atoms with E-state index in [1.165, 1.54) is 18.6 Å². The summed E-state index contributed by atoms with van der Waals surface area (Å²) in [5, 5.41) is 1.70. The summed E-state index contributed by atoms with van der Waals surface area (Å²) in [7, 11) is 0. The summed E-state index contributed by atoms with van der Waals surface area (Å²) >= 11 is 6.27. The predicted octanol–water partition coefficient (Wildman–Crippen LogP) is 4.08. The van der Waals surface area contributed by atoms with E-state index < -0.39 is 11.5 Å². The van der Waals surface area contributed by atoms with E-state index in [4.69, 9.17) is 16.3 Å². The molecule has 1 aromatic carbocycles. The van der Waals surface area contributed by atoms with Crippen molar-refractivity contribution in [3.05, 3.63) is 58.8 Å². The summed E-state index contributed by atoms with van der Waals surface area (Å²) < 4.78 is 5.50. The normalized spacial score (nSPS) is 19.5. The van der Waals surface area contributed by atoms with Gasteiger partial charge in [0.25, 0.3) is 5.91 Å². The Balaban J connectivity index is 1.67. The predicted molar refractivity (Wildman–Crippen MR) is 116 cm³/mol. The third-order valence-corrected chi connectivity index (χ3v) is 6.82. The van der Waals surface area contributed by atoms with Gasteiger partial charge in [0.2, 0.25) is 0 Å². The van der Waals surface area contributed by atoms with Crippen molar-refractivity contribution in [1.82, 2.24) is 19.9 Å². The van der Waals surface area contributed by atoms with E-state index >= 15 is 0 Å².